The van der Waals surface area contributed by atoms with Gasteiger partial charge in [0.15, 0.2) is 27.2 Å². The van der Waals surface area contributed by atoms with E-state index in [-0.39, 0.29) is 47.9 Å². The number of anilines is 1. The molecule has 0 spiro atoms. The number of amides is 1. The molecule has 1 aliphatic carbocycles. The molecular formula is C44H48Cl3N5O11S. The normalized spacial score (nSPS) is 14.2. The first kappa shape index (κ1) is 51.3. The average molecular weight is 961 g/mol. The van der Waals surface area contributed by atoms with Gasteiger partial charge in [-0.3, -0.25) is 33.9 Å². The largest absolute Gasteiger partial charge is 0.479 e. The number of nitrogens with zero attached hydrogens (tertiary/aromatic N) is 5. The molecule has 6 rings (SSSR count). The Morgan fingerprint density at radius 3 is 2.31 bits per heavy atom. The van der Waals surface area contributed by atoms with Crippen molar-refractivity contribution in [3.05, 3.63) is 102 Å². The van der Waals surface area contributed by atoms with Crippen LogP contribution >= 0.6 is 34.8 Å². The van der Waals surface area contributed by atoms with E-state index in [2.05, 4.69) is 24.0 Å². The molecule has 1 unspecified atom stereocenters. The highest BCUT2D eigenvalue weighted by Crippen LogP contribution is 2.33. The van der Waals surface area contributed by atoms with Crippen LogP contribution in [0.3, 0.4) is 0 Å². The molecular weight excluding hydrogens is 913 g/mol. The van der Waals surface area contributed by atoms with E-state index in [1.54, 1.807) is 22.6 Å². The van der Waals surface area contributed by atoms with Gasteiger partial charge in [-0.15, -0.1) is 23.1 Å². The van der Waals surface area contributed by atoms with Gasteiger partial charge in [0.1, 0.15) is 30.0 Å². The molecule has 1 aliphatic heterocycles. The fourth-order valence-corrected chi connectivity index (χ4v) is 8.53. The number of fused-ring (bicyclic) bond motifs is 1. The second-order valence-electron chi connectivity index (χ2n) is 14.9. The highest BCUT2D eigenvalue weighted by Gasteiger charge is 2.39. The third-order valence-corrected chi connectivity index (χ3v) is 12.2. The number of methoxy groups -OCH3 is 1. The van der Waals surface area contributed by atoms with Crippen molar-refractivity contribution in [2.75, 3.05) is 37.4 Å². The van der Waals surface area contributed by atoms with Crippen molar-refractivity contribution in [2.45, 2.75) is 83.2 Å². The predicted molar refractivity (Wildman–Crippen MR) is 243 cm³/mol. The average Bonchev–Trinajstić information content (AvgIpc) is 3.59. The number of para-hydroxylation sites is 1. The number of Topliss-reactive ketones (excluding diaryl/α,β-unsaturated/α-hetero) is 3. The number of sulfone groups is 1. The van der Waals surface area contributed by atoms with Gasteiger partial charge in [-0.1, -0.05) is 54.2 Å². The van der Waals surface area contributed by atoms with E-state index in [0.29, 0.717) is 41.1 Å². The van der Waals surface area contributed by atoms with Gasteiger partial charge in [-0.25, -0.2) is 13.2 Å². The number of ketones is 3. The topological polar surface area (TPSA) is 207 Å². The van der Waals surface area contributed by atoms with Crippen molar-refractivity contribution in [1.29, 1.82) is 0 Å². The minimum absolute atomic E-state index is 0.0223. The van der Waals surface area contributed by atoms with E-state index in [9.17, 15) is 42.5 Å². The van der Waals surface area contributed by atoms with Crippen LogP contribution in [-0.2, 0) is 48.3 Å². The number of carbonyl (C=O) groups is 4. The molecule has 0 saturated heterocycles. The molecule has 1 amide bonds. The van der Waals surface area contributed by atoms with Crippen LogP contribution in [0, 0.1) is 35.3 Å². The molecule has 64 heavy (non-hydrogen) atoms. The number of rotatable bonds is 13. The van der Waals surface area contributed by atoms with Crippen molar-refractivity contribution in [3.8, 4) is 23.8 Å². The summed E-state index contributed by atoms with van der Waals surface area (Å²) in [5.74, 6) is -0.213. The van der Waals surface area contributed by atoms with Crippen LogP contribution in [0.1, 0.15) is 73.3 Å². The highest BCUT2D eigenvalue weighted by atomic mass is 35.5. The number of halogens is 3. The maximum absolute atomic E-state index is 12.5. The van der Waals surface area contributed by atoms with E-state index in [4.69, 9.17) is 50.7 Å². The number of carbonyl (C=O) groups excluding carboxylic acids is 4. The zero-order valence-electron chi connectivity index (χ0n) is 35.9. The molecule has 0 radical (unpaired) electrons. The monoisotopic (exact) mass is 959 g/mol. The van der Waals surface area contributed by atoms with Crippen LogP contribution in [-0.4, -0.2) is 89.4 Å². The van der Waals surface area contributed by atoms with E-state index >= 15 is 0 Å². The third-order valence-electron chi connectivity index (χ3n) is 10.3. The minimum Gasteiger partial charge on any atom is -0.479 e. The lowest BCUT2D eigenvalue weighted by atomic mass is 9.81. The fraction of sp³-hybridized carbons (Fsp3) is 0.409. The molecule has 4 aromatic rings. The number of aryl methyl sites for hydroxylation is 3. The smallest absolute Gasteiger partial charge is 0.350 e. The van der Waals surface area contributed by atoms with Gasteiger partial charge in [-0.2, -0.15) is 4.68 Å². The summed E-state index contributed by atoms with van der Waals surface area (Å²) in [5, 5.41) is 16.2. The van der Waals surface area contributed by atoms with Crippen molar-refractivity contribution in [3.63, 3.8) is 0 Å². The lowest BCUT2D eigenvalue weighted by Crippen LogP contribution is -2.43. The molecule has 20 heteroatoms. The Morgan fingerprint density at radius 1 is 1.05 bits per heavy atom. The first-order valence-electron chi connectivity index (χ1n) is 20.1. The first-order valence-corrected chi connectivity index (χ1v) is 23.3. The Hall–Kier alpha value is -5.38. The Morgan fingerprint density at radius 2 is 1.73 bits per heavy atom. The summed E-state index contributed by atoms with van der Waals surface area (Å²) in [6, 6.07) is 11.9. The number of hydrogen-bond acceptors (Lipinski definition) is 12. The second-order valence-corrected chi connectivity index (χ2v) is 18.0. The summed E-state index contributed by atoms with van der Waals surface area (Å²) in [6.07, 6.45) is 10.2. The summed E-state index contributed by atoms with van der Waals surface area (Å²) < 4.78 is 36.5. The van der Waals surface area contributed by atoms with Gasteiger partial charge in [0, 0.05) is 51.3 Å². The SMILES string of the molecule is C#CCOc1cc(-n2nc3n(c2=O)CCCC3)c(Cl)cc1Cl.CCc1cccc(C)c1N(C(=O)CCl)C(C)COC.CS(=O)(=O)c1ccc(C(=O)C2C(=O)CCCC2=O)c([N+](=O)[O-])c1. The number of nitro benzene ring substituents is 1. The molecule has 2 aliphatic rings. The molecule has 342 valence electrons. The van der Waals surface area contributed by atoms with Crippen LogP contribution in [0.5, 0.6) is 5.75 Å². The Balaban J connectivity index is 0.000000212. The summed E-state index contributed by atoms with van der Waals surface area (Å²) in [6.45, 7) is 7.32. The van der Waals surface area contributed by atoms with Gasteiger partial charge in [0.2, 0.25) is 5.91 Å². The van der Waals surface area contributed by atoms with Crippen LogP contribution in [0.15, 0.2) is 58.2 Å². The van der Waals surface area contributed by atoms with E-state index < -0.39 is 49.3 Å². The standard InChI is InChI=1S/C15H13Cl2N3O2.C15H22ClNO2.C14H13NO7S/c1-2-7-22-13-9-12(10(16)8-11(13)17)20-15(21)19-6-4-3-5-14(19)18-20;1-5-13-8-6-7-11(2)15(13)17(14(18)9-16)12(3)10-19-4;1-23(21,22)8-5-6-9(10(7-8)15(19)20)14(18)13-11(16)3-2-4-12(13)17/h1,8-9H,3-7H2;6-8,12H,5,9-10H2,1-4H3;5-7,13H,2-4H2,1H3. The third kappa shape index (κ3) is 12.2. The molecule has 0 N–H and O–H groups in total. The zero-order valence-corrected chi connectivity index (χ0v) is 39.0. The van der Waals surface area contributed by atoms with E-state index in [0.717, 1.165) is 72.8 Å². The van der Waals surface area contributed by atoms with Gasteiger partial charge < -0.3 is 14.4 Å². The quantitative estimate of drug-likeness (QED) is 0.0333. The number of aromatic nitrogens is 3. The molecule has 1 atom stereocenters. The molecule has 1 aromatic heterocycles. The molecule has 0 bridgehead atoms. The zero-order chi connectivity index (χ0) is 47.5. The van der Waals surface area contributed by atoms with Gasteiger partial charge in [0.25, 0.3) is 5.69 Å². The van der Waals surface area contributed by atoms with Crippen LogP contribution < -0.4 is 15.3 Å². The summed E-state index contributed by atoms with van der Waals surface area (Å²) in [4.78, 5) is 72.4. The van der Waals surface area contributed by atoms with E-state index in [1.165, 1.54) is 10.7 Å². The number of ether oxygens (including phenoxy) is 2. The van der Waals surface area contributed by atoms with Gasteiger partial charge in [0.05, 0.1) is 49.5 Å². The minimum atomic E-state index is -3.70. The number of benzene rings is 3. The van der Waals surface area contributed by atoms with Gasteiger partial charge >= 0.3 is 5.69 Å². The maximum atomic E-state index is 12.5. The summed E-state index contributed by atoms with van der Waals surface area (Å²) >= 11 is 18.0. The number of alkyl halides is 1. The molecule has 16 nitrogen and oxygen atoms in total. The predicted octanol–water partition coefficient (Wildman–Crippen LogP) is 6.97. The number of nitro groups is 1. The maximum Gasteiger partial charge on any atom is 0.350 e. The lowest BCUT2D eigenvalue weighted by molar-refractivity contribution is -0.385. The number of terminal acetylenes is 1. The summed E-state index contributed by atoms with van der Waals surface area (Å²) in [5.41, 5.74) is 2.27. The molecule has 1 saturated carbocycles. The Kier molecular flexibility index (Phi) is 18.4. The Labute approximate surface area is 385 Å². The van der Waals surface area contributed by atoms with Crippen molar-refractivity contribution < 1.29 is 42.0 Å². The lowest BCUT2D eigenvalue weighted by Gasteiger charge is -2.31. The second kappa shape index (κ2) is 23.0. The molecule has 3 aromatic carbocycles. The van der Waals surface area contributed by atoms with Gasteiger partial charge in [-0.05, 0) is 68.9 Å². The summed E-state index contributed by atoms with van der Waals surface area (Å²) in [7, 11) is -2.06. The molecule has 2 heterocycles. The van der Waals surface area contributed by atoms with Crippen LogP contribution in [0.4, 0.5) is 11.4 Å². The highest BCUT2D eigenvalue weighted by molar-refractivity contribution is 7.90. The number of hydrogen-bond donors (Lipinski definition) is 0. The van der Waals surface area contributed by atoms with Crippen molar-refractivity contribution in [2.24, 2.45) is 5.92 Å². The molecule has 1 fully saturated rings. The fourth-order valence-electron chi connectivity index (χ4n) is 7.24. The Bertz CT molecular complexity index is 2620. The van der Waals surface area contributed by atoms with E-state index in [1.807, 2.05) is 26.0 Å². The first-order chi connectivity index (χ1) is 30.3. The van der Waals surface area contributed by atoms with Crippen LogP contribution in [0.2, 0.25) is 10.0 Å². The van der Waals surface area contributed by atoms with Crippen LogP contribution in [0.25, 0.3) is 5.69 Å². The van der Waals surface area contributed by atoms with Crippen molar-refractivity contribution in [1.82, 2.24) is 14.3 Å². The van der Waals surface area contributed by atoms with Crippen molar-refractivity contribution >= 4 is 79.3 Å².